The number of alkyl halides is 5. The number of fused-ring (bicyclic) bond motifs is 2. The summed E-state index contributed by atoms with van der Waals surface area (Å²) in [5, 5.41) is 2.66. The fourth-order valence-corrected chi connectivity index (χ4v) is 4.11. The Morgan fingerprint density at radius 2 is 1.86 bits per heavy atom. The number of nitrogens with one attached hydrogen (secondary N) is 1. The molecule has 4 aromatic heterocycles. The van der Waals surface area contributed by atoms with E-state index in [0.29, 0.717) is 11.3 Å². The van der Waals surface area contributed by atoms with E-state index < -0.39 is 36.3 Å². The third kappa shape index (κ3) is 3.60. The number of aryl methyl sites for hydroxylation is 1. The van der Waals surface area contributed by atoms with E-state index in [4.69, 9.17) is 5.73 Å². The van der Waals surface area contributed by atoms with Crippen LogP contribution in [0, 0.1) is 0 Å². The second-order valence-electron chi connectivity index (χ2n) is 8.38. The van der Waals surface area contributed by atoms with Crippen molar-refractivity contribution in [2.24, 2.45) is 0 Å². The van der Waals surface area contributed by atoms with Gasteiger partial charge < -0.3 is 15.5 Å². The summed E-state index contributed by atoms with van der Waals surface area (Å²) in [5.74, 6) is -5.31. The smallest absolute Gasteiger partial charge is 0.383 e. The highest BCUT2D eigenvalue weighted by molar-refractivity contribution is 6.08. The van der Waals surface area contributed by atoms with Crippen molar-refractivity contribution in [2.75, 3.05) is 11.1 Å². The Bertz CT molecular complexity index is 1490. The number of pyridine rings is 1. The summed E-state index contributed by atoms with van der Waals surface area (Å²) in [6, 6.07) is 5.08. The minimum Gasteiger partial charge on any atom is -0.383 e. The molecular formula is C22H17F5N8O. The number of imidazole rings is 1. The number of anilines is 2. The van der Waals surface area contributed by atoms with Gasteiger partial charge in [-0.25, -0.2) is 19.9 Å². The average Bonchev–Trinajstić information content (AvgIpc) is 3.40. The second kappa shape index (κ2) is 7.90. The van der Waals surface area contributed by atoms with Crippen molar-refractivity contribution >= 4 is 23.2 Å². The maximum absolute atomic E-state index is 13.6. The number of nitrogens with two attached hydrogens (primary N) is 1. The molecule has 5 rings (SSSR count). The van der Waals surface area contributed by atoms with E-state index in [9.17, 15) is 26.7 Å². The van der Waals surface area contributed by atoms with Gasteiger partial charge >= 0.3 is 12.1 Å². The zero-order chi connectivity index (χ0) is 25.9. The molecule has 0 aromatic carbocycles. The largest absolute Gasteiger partial charge is 0.453 e. The Hall–Kier alpha value is -4.23. The minimum atomic E-state index is -5.69. The van der Waals surface area contributed by atoms with E-state index in [-0.39, 0.29) is 34.5 Å². The first-order valence-corrected chi connectivity index (χ1v) is 10.6. The molecule has 36 heavy (non-hydrogen) atoms. The van der Waals surface area contributed by atoms with E-state index in [1.807, 2.05) is 0 Å². The SMILES string of the molecule is CC1(c2ccccn2)C(=O)Nc2nc(-c3cn4ccnc4c(CCC(F)(F)C(F)(F)F)n3)nc(N)c21. The van der Waals surface area contributed by atoms with Crippen LogP contribution in [-0.4, -0.2) is 47.3 Å². The molecule has 0 saturated heterocycles. The summed E-state index contributed by atoms with van der Waals surface area (Å²) < 4.78 is 66.5. The number of hydrogen-bond donors (Lipinski definition) is 2. The normalized spacial score (nSPS) is 17.9. The molecule has 0 radical (unpaired) electrons. The highest BCUT2D eigenvalue weighted by Crippen LogP contribution is 2.44. The van der Waals surface area contributed by atoms with Crippen molar-refractivity contribution in [3.8, 4) is 11.5 Å². The van der Waals surface area contributed by atoms with Crippen LogP contribution >= 0.6 is 0 Å². The quantitative estimate of drug-likeness (QED) is 0.399. The highest BCUT2D eigenvalue weighted by Gasteiger charge is 2.56. The predicted molar refractivity (Wildman–Crippen MR) is 117 cm³/mol. The van der Waals surface area contributed by atoms with Gasteiger partial charge in [-0.1, -0.05) is 6.07 Å². The predicted octanol–water partition coefficient (Wildman–Crippen LogP) is 3.55. The Balaban J connectivity index is 1.57. The number of carbonyl (C=O) groups is 1. The Morgan fingerprint density at radius 1 is 1.08 bits per heavy atom. The molecule has 5 heterocycles. The lowest BCUT2D eigenvalue weighted by atomic mass is 9.81. The number of hydrogen-bond acceptors (Lipinski definition) is 7. The summed E-state index contributed by atoms with van der Waals surface area (Å²) in [4.78, 5) is 34.1. The van der Waals surface area contributed by atoms with Gasteiger partial charge in [0, 0.05) is 31.2 Å². The van der Waals surface area contributed by atoms with Gasteiger partial charge in [0.05, 0.1) is 17.0 Å². The van der Waals surface area contributed by atoms with Crippen LogP contribution in [0.1, 0.15) is 30.3 Å². The Labute approximate surface area is 199 Å². The number of nitrogens with zero attached hydrogens (tertiary/aromatic N) is 6. The van der Waals surface area contributed by atoms with Crippen LogP contribution in [0.4, 0.5) is 33.6 Å². The highest BCUT2D eigenvalue weighted by atomic mass is 19.4. The standard InChI is InChI=1S/C22H17F5N8O/c1-20(13-4-2-3-7-29-13)14-15(28)32-16(33-17(14)34-19(20)36)12-10-35-9-8-30-18(35)11(31-12)5-6-21(23,24)22(25,26)27/h2-4,7-10H,5-6H2,1H3,(H3,28,32,33,34,36). The van der Waals surface area contributed by atoms with Crippen LogP contribution < -0.4 is 11.1 Å². The van der Waals surface area contributed by atoms with Gasteiger partial charge in [-0.2, -0.15) is 22.0 Å². The van der Waals surface area contributed by atoms with Crippen LogP contribution in [0.25, 0.3) is 17.2 Å². The average molecular weight is 504 g/mol. The van der Waals surface area contributed by atoms with E-state index in [2.05, 4.69) is 30.2 Å². The summed E-state index contributed by atoms with van der Waals surface area (Å²) >= 11 is 0. The van der Waals surface area contributed by atoms with Crippen molar-refractivity contribution in [3.05, 3.63) is 59.9 Å². The molecule has 1 amide bonds. The van der Waals surface area contributed by atoms with Gasteiger partial charge in [-0.15, -0.1) is 0 Å². The third-order valence-electron chi connectivity index (χ3n) is 6.06. The molecule has 186 valence electrons. The summed E-state index contributed by atoms with van der Waals surface area (Å²) in [7, 11) is 0. The summed E-state index contributed by atoms with van der Waals surface area (Å²) in [6.45, 7) is 1.63. The lowest BCUT2D eigenvalue weighted by Crippen LogP contribution is -2.36. The van der Waals surface area contributed by atoms with Crippen molar-refractivity contribution in [1.82, 2.24) is 29.3 Å². The van der Waals surface area contributed by atoms with Gasteiger partial charge in [0.1, 0.15) is 22.7 Å². The maximum Gasteiger partial charge on any atom is 0.453 e. The van der Waals surface area contributed by atoms with E-state index in [1.54, 1.807) is 25.1 Å². The van der Waals surface area contributed by atoms with Crippen LogP contribution in [0.15, 0.2) is 43.0 Å². The second-order valence-corrected chi connectivity index (χ2v) is 8.38. The number of nitrogen functional groups attached to an aromatic ring is 1. The van der Waals surface area contributed by atoms with Crippen LogP contribution in [0.5, 0.6) is 0 Å². The molecule has 1 atom stereocenters. The van der Waals surface area contributed by atoms with Gasteiger partial charge in [0.15, 0.2) is 11.5 Å². The number of carbonyl (C=O) groups excluding carboxylic acids is 1. The molecule has 1 unspecified atom stereocenters. The molecule has 0 fully saturated rings. The topological polar surface area (TPSA) is 124 Å². The fraction of sp³-hybridized carbons (Fsp3) is 0.273. The van der Waals surface area contributed by atoms with Crippen LogP contribution in [-0.2, 0) is 16.6 Å². The maximum atomic E-state index is 13.6. The van der Waals surface area contributed by atoms with Crippen molar-refractivity contribution in [2.45, 2.75) is 37.3 Å². The van der Waals surface area contributed by atoms with Gasteiger partial charge in [0.25, 0.3) is 0 Å². The molecule has 0 bridgehead atoms. The molecule has 3 N–H and O–H groups in total. The van der Waals surface area contributed by atoms with E-state index >= 15 is 0 Å². The first kappa shape index (κ1) is 23.5. The van der Waals surface area contributed by atoms with E-state index in [1.165, 1.54) is 29.2 Å². The van der Waals surface area contributed by atoms with Crippen molar-refractivity contribution in [1.29, 1.82) is 0 Å². The molecule has 14 heteroatoms. The summed E-state index contributed by atoms with van der Waals surface area (Å²) in [6.07, 6.45) is -2.12. The molecule has 9 nitrogen and oxygen atoms in total. The molecule has 1 aliphatic rings. The molecule has 0 saturated carbocycles. The van der Waals surface area contributed by atoms with Gasteiger partial charge in [0.2, 0.25) is 5.91 Å². The first-order valence-electron chi connectivity index (χ1n) is 10.6. The first-order chi connectivity index (χ1) is 16.9. The molecular weight excluding hydrogens is 487 g/mol. The molecule has 1 aliphatic heterocycles. The molecule has 4 aromatic rings. The monoisotopic (exact) mass is 504 g/mol. The molecule has 0 aliphatic carbocycles. The number of aromatic nitrogens is 6. The van der Waals surface area contributed by atoms with Crippen LogP contribution in [0.2, 0.25) is 0 Å². The zero-order valence-corrected chi connectivity index (χ0v) is 18.5. The Morgan fingerprint density at radius 3 is 2.56 bits per heavy atom. The van der Waals surface area contributed by atoms with Crippen molar-refractivity contribution in [3.63, 3.8) is 0 Å². The zero-order valence-electron chi connectivity index (χ0n) is 18.5. The van der Waals surface area contributed by atoms with E-state index in [0.717, 1.165) is 0 Å². The van der Waals surface area contributed by atoms with Gasteiger partial charge in [-0.3, -0.25) is 9.78 Å². The number of halogens is 5. The lowest BCUT2D eigenvalue weighted by Gasteiger charge is -2.22. The van der Waals surface area contributed by atoms with Crippen molar-refractivity contribution < 1.29 is 26.7 Å². The summed E-state index contributed by atoms with van der Waals surface area (Å²) in [5.41, 5.74) is 5.75. The fourth-order valence-electron chi connectivity index (χ4n) is 4.11. The minimum absolute atomic E-state index is 0.0424. The number of rotatable bonds is 5. The molecule has 0 spiro atoms. The van der Waals surface area contributed by atoms with Gasteiger partial charge in [-0.05, 0) is 25.5 Å². The third-order valence-corrected chi connectivity index (χ3v) is 6.06. The lowest BCUT2D eigenvalue weighted by molar-refractivity contribution is -0.284. The Kier molecular flexibility index (Phi) is 5.16. The number of amides is 1. The van der Waals surface area contributed by atoms with Crippen LogP contribution in [0.3, 0.4) is 0 Å².